The number of nitrogens with zero attached hydrogens (tertiary/aromatic N) is 4. The quantitative estimate of drug-likeness (QED) is 0.802. The molecular weight excluding hydrogens is 332 g/mol. The zero-order valence-corrected chi connectivity index (χ0v) is 14.7. The van der Waals surface area contributed by atoms with Crippen molar-refractivity contribution < 1.29 is 17.9 Å². The summed E-state index contributed by atoms with van der Waals surface area (Å²) >= 11 is 0. The van der Waals surface area contributed by atoms with Gasteiger partial charge in [-0.05, 0) is 32.1 Å². The van der Waals surface area contributed by atoms with Crippen molar-refractivity contribution in [2.45, 2.75) is 32.3 Å². The average Bonchev–Trinajstić information content (AvgIpc) is 2.86. The Morgan fingerprint density at radius 1 is 1.25 bits per heavy atom. The second-order valence-electron chi connectivity index (χ2n) is 6.48. The number of rotatable bonds is 4. The van der Waals surface area contributed by atoms with Crippen LogP contribution >= 0.6 is 0 Å². The van der Waals surface area contributed by atoms with Crippen LogP contribution in [0.5, 0.6) is 0 Å². The van der Waals surface area contributed by atoms with E-state index in [0.29, 0.717) is 31.4 Å². The zero-order chi connectivity index (χ0) is 17.3. The molecule has 2 aliphatic heterocycles. The maximum Gasteiger partial charge on any atom is 0.415 e. The number of aromatic nitrogens is 2. The molecule has 0 saturated carbocycles. The van der Waals surface area contributed by atoms with Gasteiger partial charge in [0.2, 0.25) is 10.0 Å². The van der Waals surface area contributed by atoms with Crippen LogP contribution in [0, 0.1) is 5.92 Å². The highest BCUT2D eigenvalue weighted by atomic mass is 32.2. The number of cyclic esters (lactones) is 1. The molecule has 3 heterocycles. The normalized spacial score (nSPS) is 23.5. The van der Waals surface area contributed by atoms with E-state index in [1.54, 1.807) is 12.4 Å². The Hall–Kier alpha value is -1.74. The lowest BCUT2D eigenvalue weighted by Gasteiger charge is -2.29. The molecule has 1 atom stereocenters. The van der Waals surface area contributed by atoms with Crippen LogP contribution in [0.3, 0.4) is 0 Å². The first-order valence-electron chi connectivity index (χ1n) is 8.07. The summed E-state index contributed by atoms with van der Waals surface area (Å²) in [6, 6.07) is 0. The highest BCUT2D eigenvalue weighted by Gasteiger charge is 2.30. The summed E-state index contributed by atoms with van der Waals surface area (Å²) in [5.41, 5.74) is 0.858. The molecule has 2 fully saturated rings. The van der Waals surface area contributed by atoms with Crippen molar-refractivity contribution >= 4 is 21.9 Å². The summed E-state index contributed by atoms with van der Waals surface area (Å²) < 4.78 is 29.7. The lowest BCUT2D eigenvalue weighted by atomic mass is 9.93. The maximum atomic E-state index is 11.7. The Balaban J connectivity index is 1.57. The number of carbonyl (C=O) groups is 1. The minimum absolute atomic E-state index is 0.140. The topological polar surface area (TPSA) is 92.7 Å². The molecular formula is C15H22N4O4S. The van der Waals surface area contributed by atoms with E-state index < -0.39 is 16.1 Å². The molecule has 0 bridgehead atoms. The molecule has 0 radical (unpaired) electrons. The monoisotopic (exact) mass is 354 g/mol. The molecule has 3 rings (SSSR count). The molecule has 1 aromatic heterocycles. The van der Waals surface area contributed by atoms with Gasteiger partial charge < -0.3 is 4.74 Å². The molecule has 8 nitrogen and oxygen atoms in total. The minimum atomic E-state index is -3.09. The Morgan fingerprint density at radius 2 is 1.96 bits per heavy atom. The van der Waals surface area contributed by atoms with Gasteiger partial charge >= 0.3 is 6.09 Å². The Bertz CT molecular complexity index is 699. The number of piperidine rings is 1. The number of amides is 1. The Kier molecular flexibility index (Phi) is 4.73. The molecule has 0 N–H and O–H groups in total. The van der Waals surface area contributed by atoms with Crippen molar-refractivity contribution in [3.8, 4) is 0 Å². The van der Waals surface area contributed by atoms with E-state index in [-0.39, 0.29) is 6.10 Å². The van der Waals surface area contributed by atoms with Gasteiger partial charge in [-0.1, -0.05) is 0 Å². The minimum Gasteiger partial charge on any atom is -0.444 e. The van der Waals surface area contributed by atoms with Gasteiger partial charge in [0.1, 0.15) is 6.10 Å². The standard InChI is InChI=1S/C15H22N4O4S/c1-11-10-19(15(20)23-11)14-9-16-13(8-17-14)7-12-3-5-18(6-4-12)24(2,21)22/h8-9,11-12H,3-7,10H2,1-2H3. The summed E-state index contributed by atoms with van der Waals surface area (Å²) in [4.78, 5) is 21.9. The van der Waals surface area contributed by atoms with E-state index in [0.717, 1.165) is 25.0 Å². The van der Waals surface area contributed by atoms with Crippen LogP contribution in [0.1, 0.15) is 25.5 Å². The van der Waals surface area contributed by atoms with E-state index >= 15 is 0 Å². The summed E-state index contributed by atoms with van der Waals surface area (Å²) in [6.45, 7) is 3.44. The van der Waals surface area contributed by atoms with Gasteiger partial charge in [-0.15, -0.1) is 0 Å². The molecule has 1 aromatic rings. The fourth-order valence-corrected chi connectivity index (χ4v) is 4.00. The van der Waals surface area contributed by atoms with Gasteiger partial charge in [0, 0.05) is 13.1 Å². The number of ether oxygens (including phenoxy) is 1. The van der Waals surface area contributed by atoms with Crippen LogP contribution < -0.4 is 4.90 Å². The third-order valence-corrected chi connectivity index (χ3v) is 5.77. The number of sulfonamides is 1. The first-order chi connectivity index (χ1) is 11.3. The molecule has 0 aliphatic carbocycles. The van der Waals surface area contributed by atoms with E-state index in [9.17, 15) is 13.2 Å². The molecule has 1 amide bonds. The summed E-state index contributed by atoms with van der Waals surface area (Å²) in [6.07, 6.45) is 6.43. The summed E-state index contributed by atoms with van der Waals surface area (Å²) in [5, 5.41) is 0. The second-order valence-corrected chi connectivity index (χ2v) is 8.46. The van der Waals surface area contributed by atoms with Crippen LogP contribution in [0.15, 0.2) is 12.4 Å². The van der Waals surface area contributed by atoms with Gasteiger partial charge in [0.25, 0.3) is 0 Å². The van der Waals surface area contributed by atoms with Crippen LogP contribution in [-0.2, 0) is 21.2 Å². The Morgan fingerprint density at radius 3 is 2.46 bits per heavy atom. The predicted octanol–water partition coefficient (Wildman–Crippen LogP) is 1.04. The van der Waals surface area contributed by atoms with Gasteiger partial charge in [-0.25, -0.2) is 22.5 Å². The number of hydrogen-bond acceptors (Lipinski definition) is 6. The van der Waals surface area contributed by atoms with Crippen molar-refractivity contribution in [2.24, 2.45) is 5.92 Å². The van der Waals surface area contributed by atoms with Crippen LogP contribution in [0.4, 0.5) is 10.6 Å². The predicted molar refractivity (Wildman–Crippen MR) is 88.2 cm³/mol. The molecule has 0 aromatic carbocycles. The van der Waals surface area contributed by atoms with Crippen molar-refractivity contribution in [1.29, 1.82) is 0 Å². The lowest BCUT2D eigenvalue weighted by molar-refractivity contribution is 0.150. The van der Waals surface area contributed by atoms with Crippen molar-refractivity contribution in [2.75, 3.05) is 30.8 Å². The van der Waals surface area contributed by atoms with Crippen LogP contribution in [-0.4, -0.2) is 60.8 Å². The SMILES string of the molecule is CC1CN(c2cnc(CC3CCN(S(C)(=O)=O)CC3)cn2)C(=O)O1. The van der Waals surface area contributed by atoms with Crippen molar-refractivity contribution in [3.63, 3.8) is 0 Å². The number of anilines is 1. The average molecular weight is 354 g/mol. The fraction of sp³-hybridized carbons (Fsp3) is 0.667. The van der Waals surface area contributed by atoms with E-state index in [4.69, 9.17) is 4.74 Å². The molecule has 9 heteroatoms. The second kappa shape index (κ2) is 6.64. The van der Waals surface area contributed by atoms with Crippen LogP contribution in [0.2, 0.25) is 0 Å². The Labute approximate surface area is 141 Å². The third kappa shape index (κ3) is 3.84. The van der Waals surface area contributed by atoms with Crippen LogP contribution in [0.25, 0.3) is 0 Å². The summed E-state index contributed by atoms with van der Waals surface area (Å²) in [7, 11) is -3.09. The maximum absolute atomic E-state index is 11.7. The third-order valence-electron chi connectivity index (χ3n) is 4.47. The van der Waals surface area contributed by atoms with E-state index in [2.05, 4.69) is 9.97 Å². The van der Waals surface area contributed by atoms with E-state index in [1.807, 2.05) is 6.92 Å². The van der Waals surface area contributed by atoms with E-state index in [1.165, 1.54) is 15.5 Å². The first kappa shape index (κ1) is 17.1. The lowest BCUT2D eigenvalue weighted by Crippen LogP contribution is -2.38. The fourth-order valence-electron chi connectivity index (χ4n) is 3.13. The number of carbonyl (C=O) groups excluding carboxylic acids is 1. The first-order valence-corrected chi connectivity index (χ1v) is 9.92. The van der Waals surface area contributed by atoms with Crippen molar-refractivity contribution in [1.82, 2.24) is 14.3 Å². The number of hydrogen-bond donors (Lipinski definition) is 0. The molecule has 2 aliphatic rings. The van der Waals surface area contributed by atoms with Gasteiger partial charge in [-0.2, -0.15) is 0 Å². The highest BCUT2D eigenvalue weighted by Crippen LogP contribution is 2.23. The molecule has 2 saturated heterocycles. The summed E-state index contributed by atoms with van der Waals surface area (Å²) in [5.74, 6) is 0.903. The largest absolute Gasteiger partial charge is 0.444 e. The smallest absolute Gasteiger partial charge is 0.415 e. The molecule has 132 valence electrons. The zero-order valence-electron chi connectivity index (χ0n) is 13.9. The molecule has 1 unspecified atom stereocenters. The van der Waals surface area contributed by atoms with Gasteiger partial charge in [-0.3, -0.25) is 9.88 Å². The van der Waals surface area contributed by atoms with Gasteiger partial charge in [0.05, 0.1) is 30.9 Å². The van der Waals surface area contributed by atoms with Gasteiger partial charge in [0.15, 0.2) is 5.82 Å². The highest BCUT2D eigenvalue weighted by molar-refractivity contribution is 7.88. The molecule has 24 heavy (non-hydrogen) atoms. The molecule has 0 spiro atoms. The van der Waals surface area contributed by atoms with Crippen molar-refractivity contribution in [3.05, 3.63) is 18.1 Å².